The zero-order chi connectivity index (χ0) is 15.7. The molecule has 21 heavy (non-hydrogen) atoms. The first-order valence-electron chi connectivity index (χ1n) is 6.73. The number of aryl methyl sites for hydroxylation is 1. The number of nitrogens with zero attached hydrogens (tertiary/aromatic N) is 1. The summed E-state index contributed by atoms with van der Waals surface area (Å²) in [5.74, 6) is 0. The van der Waals surface area contributed by atoms with E-state index in [9.17, 15) is 4.57 Å². The molecular formula is C15H22N2O3P+. The lowest BCUT2D eigenvalue weighted by atomic mass is 10.1. The van der Waals surface area contributed by atoms with E-state index in [2.05, 4.69) is 23.4 Å². The monoisotopic (exact) mass is 309 g/mol. The van der Waals surface area contributed by atoms with Gasteiger partial charge in [0.15, 0.2) is 12.4 Å². The molecule has 0 aliphatic rings. The lowest BCUT2D eigenvalue weighted by Crippen LogP contribution is -2.30. The molecule has 3 N–H and O–H groups in total. The maximum absolute atomic E-state index is 10.7. The molecule has 0 aromatic carbocycles. The van der Waals surface area contributed by atoms with Crippen LogP contribution in [0.25, 0.3) is 5.57 Å². The third-order valence-electron chi connectivity index (χ3n) is 2.82. The average Bonchev–Trinajstić information content (AvgIpc) is 2.45. The van der Waals surface area contributed by atoms with Gasteiger partial charge >= 0.3 is 7.60 Å². The van der Waals surface area contributed by atoms with Crippen molar-refractivity contribution in [3.05, 3.63) is 61.1 Å². The Hall–Kier alpha value is -1.68. The number of rotatable bonds is 8. The molecule has 0 radical (unpaired) electrons. The summed E-state index contributed by atoms with van der Waals surface area (Å²) >= 11 is 0. The number of aromatic nitrogens is 1. The second-order valence-electron chi connectivity index (χ2n) is 4.45. The van der Waals surface area contributed by atoms with Crippen LogP contribution in [0.1, 0.15) is 12.5 Å². The van der Waals surface area contributed by atoms with Gasteiger partial charge in [-0.1, -0.05) is 18.7 Å². The Morgan fingerprint density at radius 2 is 2.10 bits per heavy atom. The van der Waals surface area contributed by atoms with Crippen LogP contribution >= 0.6 is 7.60 Å². The second-order valence-corrected chi connectivity index (χ2v) is 6.23. The Balaban J connectivity index is 2.67. The highest BCUT2D eigenvalue weighted by molar-refractivity contribution is 7.51. The highest BCUT2D eigenvalue weighted by Crippen LogP contribution is 2.32. The summed E-state index contributed by atoms with van der Waals surface area (Å²) in [5.41, 5.74) is 2.02. The van der Waals surface area contributed by atoms with Crippen LogP contribution in [0.5, 0.6) is 0 Å². The summed E-state index contributed by atoms with van der Waals surface area (Å²) in [4.78, 5) is 17.5. The fourth-order valence-corrected chi connectivity index (χ4v) is 2.10. The van der Waals surface area contributed by atoms with Crippen molar-refractivity contribution in [3.63, 3.8) is 0 Å². The van der Waals surface area contributed by atoms with Crippen molar-refractivity contribution in [2.45, 2.75) is 13.5 Å². The molecule has 114 valence electrons. The number of pyridine rings is 1. The van der Waals surface area contributed by atoms with Crippen LogP contribution in [0.3, 0.4) is 0 Å². The van der Waals surface area contributed by atoms with Crippen LogP contribution in [-0.4, -0.2) is 22.5 Å². The molecule has 0 saturated carbocycles. The fourth-order valence-electron chi connectivity index (χ4n) is 1.68. The van der Waals surface area contributed by atoms with Crippen LogP contribution in [-0.2, 0) is 11.1 Å². The second kappa shape index (κ2) is 8.57. The van der Waals surface area contributed by atoms with Gasteiger partial charge in [-0.25, -0.2) is 4.57 Å². The van der Waals surface area contributed by atoms with Gasteiger partial charge in [-0.3, -0.25) is 4.57 Å². The van der Waals surface area contributed by atoms with E-state index >= 15 is 0 Å². The SMILES string of the molecule is C=C/C=C(\C=C/NCCP(=O)(O)O)c1cc[n+](CC)cc1. The molecular weight excluding hydrogens is 287 g/mol. The lowest BCUT2D eigenvalue weighted by Gasteiger charge is -2.04. The smallest absolute Gasteiger partial charge is 0.327 e. The maximum Gasteiger partial charge on any atom is 0.327 e. The van der Waals surface area contributed by atoms with Crippen LogP contribution in [0.15, 0.2) is 55.5 Å². The van der Waals surface area contributed by atoms with Crippen LogP contribution in [0.2, 0.25) is 0 Å². The van der Waals surface area contributed by atoms with E-state index in [4.69, 9.17) is 9.79 Å². The molecule has 0 fully saturated rings. The van der Waals surface area contributed by atoms with Gasteiger partial charge in [0.1, 0.15) is 6.54 Å². The molecule has 0 unspecified atom stereocenters. The molecule has 1 aromatic rings. The predicted octanol–water partition coefficient (Wildman–Crippen LogP) is 1.84. The van der Waals surface area contributed by atoms with E-state index < -0.39 is 7.60 Å². The molecule has 0 amide bonds. The Morgan fingerprint density at radius 3 is 2.62 bits per heavy atom. The van der Waals surface area contributed by atoms with Gasteiger partial charge < -0.3 is 15.1 Å². The standard InChI is InChI=1S/C15H21N2O3P/c1-3-5-14(6-9-16-10-13-21(18,19)20)15-7-11-17(4-2)12-8-15/h3,5-9,11-12,16H,1,4,10,13H2,2H3,(H-,18,19,20)/p+1/b9-6-,14-5+. The molecule has 0 bridgehead atoms. The first-order chi connectivity index (χ1) is 9.96. The summed E-state index contributed by atoms with van der Waals surface area (Å²) < 4.78 is 12.8. The minimum absolute atomic E-state index is 0.181. The molecule has 1 rings (SSSR count). The minimum Gasteiger partial charge on any atom is -0.390 e. The number of allylic oxidation sites excluding steroid dienone is 4. The highest BCUT2D eigenvalue weighted by atomic mass is 31.2. The molecule has 0 saturated heterocycles. The van der Waals surface area contributed by atoms with Crippen LogP contribution < -0.4 is 9.88 Å². The van der Waals surface area contributed by atoms with Crippen molar-refractivity contribution < 1.29 is 18.9 Å². The Bertz CT molecular complexity index is 559. The summed E-state index contributed by atoms with van der Waals surface area (Å²) in [7, 11) is -3.94. The Labute approximate surface area is 125 Å². The van der Waals surface area contributed by atoms with Gasteiger partial charge in [-0.05, 0) is 30.3 Å². The van der Waals surface area contributed by atoms with Crippen molar-refractivity contribution >= 4 is 13.2 Å². The van der Waals surface area contributed by atoms with E-state index in [1.165, 1.54) is 0 Å². The molecule has 5 nitrogen and oxygen atoms in total. The summed E-state index contributed by atoms with van der Waals surface area (Å²) in [6, 6.07) is 4.03. The van der Waals surface area contributed by atoms with E-state index in [-0.39, 0.29) is 12.7 Å². The zero-order valence-electron chi connectivity index (χ0n) is 12.1. The van der Waals surface area contributed by atoms with Crippen molar-refractivity contribution in [3.8, 4) is 0 Å². The van der Waals surface area contributed by atoms with E-state index in [1.54, 1.807) is 12.3 Å². The third-order valence-corrected chi connectivity index (χ3v) is 3.62. The first-order valence-corrected chi connectivity index (χ1v) is 8.52. The summed E-state index contributed by atoms with van der Waals surface area (Å²) in [5, 5.41) is 2.87. The van der Waals surface area contributed by atoms with Gasteiger partial charge in [0.25, 0.3) is 0 Å². The van der Waals surface area contributed by atoms with Crippen molar-refractivity contribution in [2.24, 2.45) is 0 Å². The molecule has 1 aromatic heterocycles. The van der Waals surface area contributed by atoms with E-state index in [0.29, 0.717) is 0 Å². The zero-order valence-corrected chi connectivity index (χ0v) is 13.0. The van der Waals surface area contributed by atoms with Crippen molar-refractivity contribution in [1.29, 1.82) is 0 Å². The van der Waals surface area contributed by atoms with Gasteiger partial charge in [0, 0.05) is 18.7 Å². The quantitative estimate of drug-likeness (QED) is 0.296. The lowest BCUT2D eigenvalue weighted by molar-refractivity contribution is -0.693. The maximum atomic E-state index is 10.7. The topological polar surface area (TPSA) is 73.4 Å². The molecule has 0 aliphatic carbocycles. The minimum atomic E-state index is -3.94. The van der Waals surface area contributed by atoms with E-state index in [1.807, 2.05) is 36.7 Å². The molecule has 6 heteroatoms. The number of hydrogen-bond acceptors (Lipinski definition) is 2. The van der Waals surface area contributed by atoms with Crippen LogP contribution in [0.4, 0.5) is 0 Å². The molecule has 0 aliphatic heterocycles. The van der Waals surface area contributed by atoms with Crippen LogP contribution in [0, 0.1) is 0 Å². The summed E-state index contributed by atoms with van der Waals surface area (Å²) in [6.45, 7) is 6.92. The van der Waals surface area contributed by atoms with Crippen molar-refractivity contribution in [1.82, 2.24) is 5.32 Å². The van der Waals surface area contributed by atoms with Gasteiger partial charge in [0.2, 0.25) is 0 Å². The predicted molar refractivity (Wildman–Crippen MR) is 84.5 cm³/mol. The Kier molecular flexibility index (Phi) is 7.09. The van der Waals surface area contributed by atoms with Gasteiger partial charge in [0.05, 0.1) is 6.16 Å². The largest absolute Gasteiger partial charge is 0.390 e. The highest BCUT2D eigenvalue weighted by Gasteiger charge is 2.10. The fraction of sp³-hybridized carbons (Fsp3) is 0.267. The number of nitrogens with one attached hydrogen (secondary N) is 1. The molecule has 1 heterocycles. The number of hydrogen-bond donors (Lipinski definition) is 3. The van der Waals surface area contributed by atoms with Gasteiger partial charge in [-0.15, -0.1) is 0 Å². The first kappa shape index (κ1) is 17.4. The van der Waals surface area contributed by atoms with E-state index in [0.717, 1.165) is 17.7 Å². The Morgan fingerprint density at radius 1 is 1.43 bits per heavy atom. The average molecular weight is 309 g/mol. The third kappa shape index (κ3) is 7.04. The van der Waals surface area contributed by atoms with Gasteiger partial charge in [-0.2, -0.15) is 0 Å². The molecule has 0 spiro atoms. The summed E-state index contributed by atoms with van der Waals surface area (Å²) in [6.07, 6.45) is 10.9. The molecule has 0 atom stereocenters. The van der Waals surface area contributed by atoms with Crippen molar-refractivity contribution in [2.75, 3.05) is 12.7 Å². The normalized spacial score (nSPS) is 12.6.